The number of hydrogen-bond donors (Lipinski definition) is 0. The first-order valence-electron chi connectivity index (χ1n) is 9.28. The second-order valence-corrected chi connectivity index (χ2v) is 7.36. The van der Waals surface area contributed by atoms with Crippen LogP contribution in [0.4, 0.5) is 0 Å². The van der Waals surface area contributed by atoms with Crippen LogP contribution in [0.25, 0.3) is 10.8 Å². The molecule has 0 saturated heterocycles. The SMILES string of the molecule is CC(C)Oc1ccc2c(=O)n(CC(=O)c3ccc(C(C)C)cc3)ccc2c1. The zero-order valence-corrected chi connectivity index (χ0v) is 16.2. The Balaban J connectivity index is 1.85. The molecule has 0 unspecified atom stereocenters. The molecule has 0 bridgehead atoms. The molecule has 3 rings (SSSR count). The lowest BCUT2D eigenvalue weighted by molar-refractivity contribution is 0.0971. The number of pyridine rings is 1. The Bertz CT molecular complexity index is 1010. The van der Waals surface area contributed by atoms with Crippen LogP contribution in [-0.2, 0) is 6.54 Å². The minimum atomic E-state index is -0.171. The van der Waals surface area contributed by atoms with E-state index in [9.17, 15) is 9.59 Å². The van der Waals surface area contributed by atoms with Crippen molar-refractivity contribution in [2.45, 2.75) is 46.3 Å². The van der Waals surface area contributed by atoms with Crippen molar-refractivity contribution in [2.75, 3.05) is 0 Å². The molecule has 0 radical (unpaired) electrons. The molecule has 0 aliphatic rings. The van der Waals surface area contributed by atoms with E-state index < -0.39 is 0 Å². The van der Waals surface area contributed by atoms with E-state index in [1.807, 2.05) is 50.2 Å². The number of ketones is 1. The number of Topliss-reactive ketones (excluding diaryl/α,β-unsaturated/α-hetero) is 1. The fourth-order valence-electron chi connectivity index (χ4n) is 3.04. The van der Waals surface area contributed by atoms with Gasteiger partial charge in [0, 0.05) is 17.1 Å². The van der Waals surface area contributed by atoms with Gasteiger partial charge in [0.15, 0.2) is 5.78 Å². The van der Waals surface area contributed by atoms with E-state index in [1.165, 1.54) is 10.1 Å². The van der Waals surface area contributed by atoms with Crippen LogP contribution in [0.15, 0.2) is 59.5 Å². The molecule has 0 N–H and O–H groups in total. The van der Waals surface area contributed by atoms with Crippen LogP contribution in [-0.4, -0.2) is 16.5 Å². The van der Waals surface area contributed by atoms with E-state index in [4.69, 9.17) is 4.74 Å². The van der Waals surface area contributed by atoms with Gasteiger partial charge in [-0.2, -0.15) is 0 Å². The summed E-state index contributed by atoms with van der Waals surface area (Å²) in [5.41, 5.74) is 1.64. The minimum absolute atomic E-state index is 0.0278. The summed E-state index contributed by atoms with van der Waals surface area (Å²) in [6.45, 7) is 8.18. The summed E-state index contributed by atoms with van der Waals surface area (Å²) >= 11 is 0. The van der Waals surface area contributed by atoms with Crippen molar-refractivity contribution in [2.24, 2.45) is 0 Å². The third-order valence-corrected chi connectivity index (χ3v) is 4.53. The average molecular weight is 363 g/mol. The fourth-order valence-corrected chi connectivity index (χ4v) is 3.04. The summed E-state index contributed by atoms with van der Waals surface area (Å²) in [4.78, 5) is 25.3. The maximum atomic E-state index is 12.7. The molecule has 0 aliphatic heterocycles. The van der Waals surface area contributed by atoms with Gasteiger partial charge in [0.25, 0.3) is 5.56 Å². The first-order valence-corrected chi connectivity index (χ1v) is 9.28. The smallest absolute Gasteiger partial charge is 0.258 e. The van der Waals surface area contributed by atoms with Crippen molar-refractivity contribution < 1.29 is 9.53 Å². The molecule has 0 amide bonds. The van der Waals surface area contributed by atoms with Crippen molar-refractivity contribution in [3.63, 3.8) is 0 Å². The van der Waals surface area contributed by atoms with Gasteiger partial charge in [-0.05, 0) is 55.0 Å². The van der Waals surface area contributed by atoms with Gasteiger partial charge < -0.3 is 9.30 Å². The lowest BCUT2D eigenvalue weighted by atomic mass is 10.0. The molecular formula is C23H25NO3. The number of carbonyl (C=O) groups is 1. The maximum absolute atomic E-state index is 12.7. The average Bonchev–Trinajstić information content (AvgIpc) is 2.63. The number of carbonyl (C=O) groups excluding carboxylic acids is 1. The summed E-state index contributed by atoms with van der Waals surface area (Å²) < 4.78 is 7.14. The number of rotatable bonds is 6. The van der Waals surface area contributed by atoms with Gasteiger partial charge in [-0.3, -0.25) is 9.59 Å². The van der Waals surface area contributed by atoms with E-state index in [-0.39, 0.29) is 24.0 Å². The Morgan fingerprint density at radius 1 is 1.00 bits per heavy atom. The molecule has 2 aromatic carbocycles. The van der Waals surface area contributed by atoms with E-state index in [1.54, 1.807) is 18.3 Å². The highest BCUT2D eigenvalue weighted by molar-refractivity contribution is 5.96. The van der Waals surface area contributed by atoms with Crippen LogP contribution in [0.5, 0.6) is 5.75 Å². The quantitative estimate of drug-likeness (QED) is 0.591. The van der Waals surface area contributed by atoms with Crippen LogP contribution in [0.1, 0.15) is 49.5 Å². The summed E-state index contributed by atoms with van der Waals surface area (Å²) in [5.74, 6) is 1.07. The van der Waals surface area contributed by atoms with Crippen LogP contribution >= 0.6 is 0 Å². The lowest BCUT2D eigenvalue weighted by Gasteiger charge is -2.11. The topological polar surface area (TPSA) is 48.3 Å². The third-order valence-electron chi connectivity index (χ3n) is 4.53. The monoisotopic (exact) mass is 363 g/mol. The number of hydrogen-bond acceptors (Lipinski definition) is 3. The van der Waals surface area contributed by atoms with Gasteiger partial charge in [-0.15, -0.1) is 0 Å². The highest BCUT2D eigenvalue weighted by Gasteiger charge is 2.11. The Morgan fingerprint density at radius 3 is 2.33 bits per heavy atom. The molecule has 4 heteroatoms. The van der Waals surface area contributed by atoms with Gasteiger partial charge in [0.05, 0.1) is 12.6 Å². The molecule has 0 aliphatic carbocycles. The Morgan fingerprint density at radius 2 is 1.70 bits per heavy atom. The van der Waals surface area contributed by atoms with Crippen LogP contribution in [0, 0.1) is 0 Å². The van der Waals surface area contributed by atoms with Crippen molar-refractivity contribution in [1.29, 1.82) is 0 Å². The van der Waals surface area contributed by atoms with Gasteiger partial charge in [0.1, 0.15) is 5.75 Å². The van der Waals surface area contributed by atoms with E-state index in [2.05, 4.69) is 13.8 Å². The first-order chi connectivity index (χ1) is 12.8. The van der Waals surface area contributed by atoms with Crippen LogP contribution in [0.3, 0.4) is 0 Å². The molecule has 140 valence electrons. The molecule has 0 spiro atoms. The fraction of sp³-hybridized carbons (Fsp3) is 0.304. The molecule has 0 atom stereocenters. The largest absolute Gasteiger partial charge is 0.491 e. The van der Waals surface area contributed by atoms with Crippen molar-refractivity contribution in [1.82, 2.24) is 4.57 Å². The minimum Gasteiger partial charge on any atom is -0.491 e. The molecule has 1 heterocycles. The predicted molar refractivity (Wildman–Crippen MR) is 109 cm³/mol. The van der Waals surface area contributed by atoms with E-state index in [0.29, 0.717) is 16.9 Å². The van der Waals surface area contributed by atoms with Crippen LogP contribution in [0.2, 0.25) is 0 Å². The lowest BCUT2D eigenvalue weighted by Crippen LogP contribution is -2.23. The summed E-state index contributed by atoms with van der Waals surface area (Å²) in [5, 5.41) is 1.39. The van der Waals surface area contributed by atoms with E-state index >= 15 is 0 Å². The molecule has 4 nitrogen and oxygen atoms in total. The molecule has 27 heavy (non-hydrogen) atoms. The highest BCUT2D eigenvalue weighted by Crippen LogP contribution is 2.20. The Kier molecular flexibility index (Phi) is 5.45. The van der Waals surface area contributed by atoms with Crippen LogP contribution < -0.4 is 10.3 Å². The standard InChI is InChI=1S/C23H25NO3/c1-15(2)17-5-7-18(8-6-17)22(25)14-24-12-11-19-13-20(27-16(3)4)9-10-21(19)23(24)26/h5-13,15-16H,14H2,1-4H3. The zero-order valence-electron chi connectivity index (χ0n) is 16.2. The number of aromatic nitrogens is 1. The van der Waals surface area contributed by atoms with E-state index in [0.717, 1.165) is 11.1 Å². The second kappa shape index (κ2) is 7.78. The summed E-state index contributed by atoms with van der Waals surface area (Å²) in [6.07, 6.45) is 1.74. The van der Waals surface area contributed by atoms with Gasteiger partial charge >= 0.3 is 0 Å². The first kappa shape index (κ1) is 18.9. The molecular weight excluding hydrogens is 338 g/mol. The second-order valence-electron chi connectivity index (χ2n) is 7.36. The Labute approximate surface area is 159 Å². The molecule has 0 fully saturated rings. The highest BCUT2D eigenvalue weighted by atomic mass is 16.5. The van der Waals surface area contributed by atoms with Gasteiger partial charge in [-0.1, -0.05) is 38.1 Å². The third kappa shape index (κ3) is 4.27. The Hall–Kier alpha value is -2.88. The normalized spacial score (nSPS) is 11.3. The maximum Gasteiger partial charge on any atom is 0.258 e. The summed E-state index contributed by atoms with van der Waals surface area (Å²) in [6, 6.07) is 14.9. The number of nitrogens with zero attached hydrogens (tertiary/aromatic N) is 1. The van der Waals surface area contributed by atoms with Crippen molar-refractivity contribution in [3.8, 4) is 5.75 Å². The number of benzene rings is 2. The van der Waals surface area contributed by atoms with Crippen molar-refractivity contribution >= 4 is 16.6 Å². The molecule has 0 saturated carbocycles. The summed E-state index contributed by atoms with van der Waals surface area (Å²) in [7, 11) is 0. The molecule has 3 aromatic rings. The number of ether oxygens (including phenoxy) is 1. The zero-order chi connectivity index (χ0) is 19.6. The van der Waals surface area contributed by atoms with Gasteiger partial charge in [0.2, 0.25) is 0 Å². The molecule has 1 aromatic heterocycles. The number of fused-ring (bicyclic) bond motifs is 1. The van der Waals surface area contributed by atoms with Crippen molar-refractivity contribution in [3.05, 3.63) is 76.2 Å². The predicted octanol–water partition coefficient (Wildman–Crippen LogP) is 4.80. The van der Waals surface area contributed by atoms with Gasteiger partial charge in [-0.25, -0.2) is 0 Å².